The van der Waals surface area contributed by atoms with Gasteiger partial charge >= 0.3 is 0 Å². The van der Waals surface area contributed by atoms with Gasteiger partial charge in [0.25, 0.3) is 0 Å². The van der Waals surface area contributed by atoms with E-state index in [1.807, 2.05) is 0 Å². The summed E-state index contributed by atoms with van der Waals surface area (Å²) in [4.78, 5) is 4.98. The summed E-state index contributed by atoms with van der Waals surface area (Å²) in [6, 6.07) is 1.39. The van der Waals surface area contributed by atoms with Crippen molar-refractivity contribution >= 4 is 0 Å². The Balaban J connectivity index is 2.00. The van der Waals surface area contributed by atoms with Crippen LogP contribution in [0.15, 0.2) is 0 Å². The molecule has 2 aliphatic heterocycles. The lowest BCUT2D eigenvalue weighted by atomic mass is 10.1. The molecular formula is C11H23N3O. The lowest BCUT2D eigenvalue weighted by Gasteiger charge is -2.45. The molecule has 0 aromatic rings. The first-order valence-electron chi connectivity index (χ1n) is 6.07. The van der Waals surface area contributed by atoms with Crippen LogP contribution in [0.1, 0.15) is 19.8 Å². The Morgan fingerprint density at radius 1 is 1.47 bits per heavy atom. The number of nitrogens with two attached hydrogens (primary N) is 1. The first-order valence-corrected chi connectivity index (χ1v) is 6.07. The molecule has 0 bridgehead atoms. The molecule has 2 aliphatic rings. The number of aliphatic hydroxyl groups is 1. The van der Waals surface area contributed by atoms with Gasteiger partial charge in [-0.25, -0.2) is 0 Å². The van der Waals surface area contributed by atoms with E-state index in [0.29, 0.717) is 18.6 Å². The minimum absolute atomic E-state index is 0.155. The third-order valence-electron chi connectivity index (χ3n) is 3.94. The fourth-order valence-corrected chi connectivity index (χ4v) is 3.03. The van der Waals surface area contributed by atoms with Gasteiger partial charge in [-0.3, -0.25) is 9.80 Å². The summed E-state index contributed by atoms with van der Waals surface area (Å²) in [6.07, 6.45) is 2.64. The van der Waals surface area contributed by atoms with Gasteiger partial charge in [-0.1, -0.05) is 0 Å². The molecule has 0 aliphatic carbocycles. The van der Waals surface area contributed by atoms with Crippen molar-refractivity contribution in [2.75, 3.05) is 32.8 Å². The highest BCUT2D eigenvalue weighted by Crippen LogP contribution is 2.25. The Morgan fingerprint density at radius 2 is 2.27 bits per heavy atom. The molecule has 0 aromatic carbocycles. The van der Waals surface area contributed by atoms with Gasteiger partial charge in [-0.15, -0.1) is 0 Å². The molecule has 2 fully saturated rings. The standard InChI is InChI=1S/C11H23N3O/c1-9-6-13-4-2-3-10(13)7-14(9)11(5-12)8-15/h9-11,15H,2-8,12H2,1H3. The van der Waals surface area contributed by atoms with Crippen LogP contribution in [0.25, 0.3) is 0 Å². The van der Waals surface area contributed by atoms with E-state index in [1.54, 1.807) is 0 Å². The topological polar surface area (TPSA) is 52.7 Å². The molecule has 0 aromatic heterocycles. The Labute approximate surface area is 92.0 Å². The monoisotopic (exact) mass is 213 g/mol. The molecule has 2 rings (SSSR count). The fraction of sp³-hybridized carbons (Fsp3) is 1.00. The predicted octanol–water partition coefficient (Wildman–Crippen LogP) is -0.525. The third kappa shape index (κ3) is 2.18. The normalized spacial score (nSPS) is 35.4. The van der Waals surface area contributed by atoms with Crippen LogP contribution in [0, 0.1) is 0 Å². The van der Waals surface area contributed by atoms with E-state index in [1.165, 1.54) is 19.4 Å². The summed E-state index contributed by atoms with van der Waals surface area (Å²) in [5.74, 6) is 0. The van der Waals surface area contributed by atoms with Gasteiger partial charge in [0.05, 0.1) is 6.61 Å². The molecule has 4 heteroatoms. The Bertz CT molecular complexity index is 208. The summed E-state index contributed by atoms with van der Waals surface area (Å²) in [7, 11) is 0. The maximum Gasteiger partial charge on any atom is 0.0599 e. The van der Waals surface area contributed by atoms with Crippen LogP contribution in [-0.4, -0.2) is 65.8 Å². The van der Waals surface area contributed by atoms with Crippen molar-refractivity contribution in [1.82, 2.24) is 9.80 Å². The summed E-state index contributed by atoms with van der Waals surface area (Å²) >= 11 is 0. The van der Waals surface area contributed by atoms with E-state index in [0.717, 1.165) is 13.1 Å². The number of hydrogen-bond donors (Lipinski definition) is 2. The van der Waals surface area contributed by atoms with Gasteiger partial charge < -0.3 is 10.8 Å². The molecule has 4 nitrogen and oxygen atoms in total. The number of aliphatic hydroxyl groups excluding tert-OH is 1. The first kappa shape index (κ1) is 11.3. The van der Waals surface area contributed by atoms with Crippen molar-refractivity contribution in [3.63, 3.8) is 0 Å². The average Bonchev–Trinajstić information content (AvgIpc) is 2.67. The van der Waals surface area contributed by atoms with E-state index in [4.69, 9.17) is 5.73 Å². The van der Waals surface area contributed by atoms with Crippen LogP contribution in [0.4, 0.5) is 0 Å². The van der Waals surface area contributed by atoms with Gasteiger partial charge in [0.1, 0.15) is 0 Å². The van der Waals surface area contributed by atoms with Crippen LogP contribution in [-0.2, 0) is 0 Å². The van der Waals surface area contributed by atoms with E-state index < -0.39 is 0 Å². The second kappa shape index (κ2) is 4.78. The lowest BCUT2D eigenvalue weighted by Crippen LogP contribution is -2.60. The van der Waals surface area contributed by atoms with E-state index >= 15 is 0 Å². The highest BCUT2D eigenvalue weighted by atomic mass is 16.3. The van der Waals surface area contributed by atoms with Crippen LogP contribution in [0.2, 0.25) is 0 Å². The SMILES string of the molecule is CC1CN2CCCC2CN1C(CN)CO. The van der Waals surface area contributed by atoms with E-state index in [-0.39, 0.29) is 12.6 Å². The zero-order valence-electron chi connectivity index (χ0n) is 9.60. The molecule has 0 spiro atoms. The molecular weight excluding hydrogens is 190 g/mol. The molecule has 0 saturated carbocycles. The smallest absolute Gasteiger partial charge is 0.0599 e. The summed E-state index contributed by atoms with van der Waals surface area (Å²) in [5.41, 5.74) is 5.70. The van der Waals surface area contributed by atoms with E-state index in [9.17, 15) is 5.11 Å². The van der Waals surface area contributed by atoms with Crippen LogP contribution in [0.5, 0.6) is 0 Å². The number of nitrogens with zero attached hydrogens (tertiary/aromatic N) is 2. The maximum absolute atomic E-state index is 9.30. The van der Waals surface area contributed by atoms with Gasteiger partial charge in [0.2, 0.25) is 0 Å². The molecule has 0 amide bonds. The number of hydrogen-bond acceptors (Lipinski definition) is 4. The first-order chi connectivity index (χ1) is 7.26. The second-order valence-corrected chi connectivity index (χ2v) is 4.91. The molecule has 2 heterocycles. The van der Waals surface area contributed by atoms with Crippen molar-refractivity contribution in [3.05, 3.63) is 0 Å². The average molecular weight is 213 g/mol. The Kier molecular flexibility index (Phi) is 3.61. The predicted molar refractivity (Wildman–Crippen MR) is 60.7 cm³/mol. The zero-order valence-corrected chi connectivity index (χ0v) is 9.60. The zero-order chi connectivity index (χ0) is 10.8. The summed E-state index contributed by atoms with van der Waals surface area (Å²) in [5, 5.41) is 9.30. The van der Waals surface area contributed by atoms with Gasteiger partial charge in [-0.05, 0) is 26.3 Å². The van der Waals surface area contributed by atoms with Gasteiger partial charge in [0.15, 0.2) is 0 Å². The maximum atomic E-state index is 9.30. The van der Waals surface area contributed by atoms with Crippen molar-refractivity contribution in [1.29, 1.82) is 0 Å². The number of rotatable bonds is 3. The fourth-order valence-electron chi connectivity index (χ4n) is 3.03. The quantitative estimate of drug-likeness (QED) is 0.662. The van der Waals surface area contributed by atoms with Gasteiger partial charge in [-0.2, -0.15) is 0 Å². The minimum Gasteiger partial charge on any atom is -0.395 e. The van der Waals surface area contributed by atoms with Crippen molar-refractivity contribution in [2.24, 2.45) is 5.73 Å². The summed E-state index contributed by atoms with van der Waals surface area (Å²) in [6.45, 7) is 6.48. The lowest BCUT2D eigenvalue weighted by molar-refractivity contribution is 0.0117. The minimum atomic E-state index is 0.155. The van der Waals surface area contributed by atoms with Gasteiger partial charge in [0, 0.05) is 37.8 Å². The molecule has 3 unspecified atom stereocenters. The largest absolute Gasteiger partial charge is 0.395 e. The van der Waals surface area contributed by atoms with Crippen LogP contribution < -0.4 is 5.73 Å². The van der Waals surface area contributed by atoms with Crippen molar-refractivity contribution in [2.45, 2.75) is 37.9 Å². The molecule has 3 atom stereocenters. The van der Waals surface area contributed by atoms with Crippen molar-refractivity contribution in [3.8, 4) is 0 Å². The number of fused-ring (bicyclic) bond motifs is 1. The Morgan fingerprint density at radius 3 is 2.93 bits per heavy atom. The van der Waals surface area contributed by atoms with Crippen LogP contribution in [0.3, 0.4) is 0 Å². The molecule has 0 radical (unpaired) electrons. The van der Waals surface area contributed by atoms with Crippen LogP contribution >= 0.6 is 0 Å². The number of piperazine rings is 1. The highest BCUT2D eigenvalue weighted by molar-refractivity contribution is 4.93. The molecule has 88 valence electrons. The third-order valence-corrected chi connectivity index (χ3v) is 3.94. The Hall–Kier alpha value is -0.160. The second-order valence-electron chi connectivity index (χ2n) is 4.91. The summed E-state index contributed by atoms with van der Waals surface area (Å²) < 4.78 is 0. The van der Waals surface area contributed by atoms with E-state index in [2.05, 4.69) is 16.7 Å². The highest BCUT2D eigenvalue weighted by Gasteiger charge is 2.36. The van der Waals surface area contributed by atoms with Crippen molar-refractivity contribution < 1.29 is 5.11 Å². The molecule has 15 heavy (non-hydrogen) atoms. The molecule has 3 N–H and O–H groups in total. The molecule has 2 saturated heterocycles.